The Labute approximate surface area is 192 Å². The van der Waals surface area contributed by atoms with Crippen molar-refractivity contribution in [3.63, 3.8) is 0 Å². The number of non-ortho nitro benzene ring substituents is 1. The number of nitro groups is 1. The zero-order chi connectivity index (χ0) is 24.4. The van der Waals surface area contributed by atoms with E-state index in [0.29, 0.717) is 29.8 Å². The average molecular weight is 456 g/mol. The van der Waals surface area contributed by atoms with Gasteiger partial charge in [-0.1, -0.05) is 26.0 Å². The molecule has 176 valence electrons. The molecule has 0 aromatic heterocycles. The molecule has 0 radical (unpaired) electrons. The predicted octanol–water partition coefficient (Wildman–Crippen LogP) is 3.55. The van der Waals surface area contributed by atoms with Crippen LogP contribution in [-0.2, 0) is 23.9 Å². The quantitative estimate of drug-likeness (QED) is 0.298. The number of nitrogens with one attached hydrogen (secondary N) is 1. The average Bonchev–Trinajstić information content (AvgIpc) is 2.77. The van der Waals surface area contributed by atoms with Gasteiger partial charge < -0.3 is 14.8 Å². The third-order valence-electron chi connectivity index (χ3n) is 6.26. The number of allylic oxidation sites excluding steroid dienone is 3. The summed E-state index contributed by atoms with van der Waals surface area (Å²) in [4.78, 5) is 50.2. The van der Waals surface area contributed by atoms with E-state index in [1.807, 2.05) is 6.92 Å². The summed E-state index contributed by atoms with van der Waals surface area (Å²) in [6.45, 7) is 7.14. The molecule has 0 amide bonds. The molecule has 0 bridgehead atoms. The zero-order valence-corrected chi connectivity index (χ0v) is 19.3. The number of ketones is 1. The Kier molecular flexibility index (Phi) is 7.00. The van der Waals surface area contributed by atoms with Crippen LogP contribution < -0.4 is 5.32 Å². The summed E-state index contributed by atoms with van der Waals surface area (Å²) < 4.78 is 10.4. The van der Waals surface area contributed by atoms with Crippen molar-refractivity contribution in [3.05, 3.63) is 62.5 Å². The van der Waals surface area contributed by atoms with Gasteiger partial charge in [0.25, 0.3) is 5.69 Å². The third-order valence-corrected chi connectivity index (χ3v) is 6.26. The van der Waals surface area contributed by atoms with Gasteiger partial charge in [-0.3, -0.25) is 19.7 Å². The molecule has 0 unspecified atom stereocenters. The number of esters is 2. The van der Waals surface area contributed by atoms with Crippen LogP contribution in [0, 0.1) is 22.0 Å². The number of nitro benzene ring substituents is 1. The Bertz CT molecular complexity index is 1070. The summed E-state index contributed by atoms with van der Waals surface area (Å²) in [5, 5.41) is 14.6. The number of nitrogens with zero attached hydrogens (tertiary/aromatic N) is 1. The maximum Gasteiger partial charge on any atom is 0.337 e. The molecule has 1 heterocycles. The molecule has 9 heteroatoms. The molecule has 1 aliphatic heterocycles. The molecule has 3 rings (SSSR count). The zero-order valence-electron chi connectivity index (χ0n) is 19.3. The molecule has 1 aromatic carbocycles. The minimum atomic E-state index is -1.03. The normalized spacial score (nSPS) is 23.4. The van der Waals surface area contributed by atoms with Crippen LogP contribution in [0.2, 0.25) is 0 Å². The molecule has 0 spiro atoms. The number of carbonyl (C=O) groups is 3. The van der Waals surface area contributed by atoms with Gasteiger partial charge in [-0.25, -0.2) is 4.79 Å². The first kappa shape index (κ1) is 24.2. The second kappa shape index (κ2) is 9.56. The van der Waals surface area contributed by atoms with Crippen molar-refractivity contribution in [2.24, 2.45) is 11.8 Å². The fourth-order valence-corrected chi connectivity index (χ4v) is 4.43. The molecule has 4 atom stereocenters. The molecule has 1 N–H and O–H groups in total. The molecule has 9 nitrogen and oxygen atoms in total. The first-order chi connectivity index (χ1) is 15.6. The van der Waals surface area contributed by atoms with E-state index in [1.165, 1.54) is 25.3 Å². The van der Waals surface area contributed by atoms with Crippen LogP contribution in [0.5, 0.6) is 0 Å². The standard InChI is InChI=1S/C24H28N2O7/c1-6-13(3)33-24(29)19-14(4)25-17-10-12(2)18(23(28)32-5)22(27)21(17)20(19)15-8-7-9-16(11-15)26(30)31/h7-9,11-13,18,20,25H,6,10H2,1-5H3/t12-,13-,18-,20-/m1/s1. The highest BCUT2D eigenvalue weighted by molar-refractivity contribution is 6.12. The Morgan fingerprint density at radius 3 is 2.64 bits per heavy atom. The molecular formula is C24H28N2O7. The van der Waals surface area contributed by atoms with Crippen molar-refractivity contribution in [3.8, 4) is 0 Å². The van der Waals surface area contributed by atoms with Crippen LogP contribution in [0.1, 0.15) is 52.0 Å². The van der Waals surface area contributed by atoms with Gasteiger partial charge in [-0.2, -0.15) is 0 Å². The summed E-state index contributed by atoms with van der Waals surface area (Å²) in [5.41, 5.74) is 1.78. The van der Waals surface area contributed by atoms with Gasteiger partial charge in [-0.15, -0.1) is 0 Å². The second-order valence-corrected chi connectivity index (χ2v) is 8.51. The van der Waals surface area contributed by atoms with Gasteiger partial charge in [0.05, 0.1) is 23.7 Å². The lowest BCUT2D eigenvalue weighted by molar-refractivity contribution is -0.384. The van der Waals surface area contributed by atoms with Crippen LogP contribution in [0.15, 0.2) is 46.8 Å². The number of methoxy groups -OCH3 is 1. The second-order valence-electron chi connectivity index (χ2n) is 8.51. The number of dihydropyridines is 1. The van der Waals surface area contributed by atoms with E-state index in [2.05, 4.69) is 5.32 Å². The monoisotopic (exact) mass is 456 g/mol. The van der Waals surface area contributed by atoms with Gasteiger partial charge in [0, 0.05) is 35.0 Å². The number of hydrogen-bond donors (Lipinski definition) is 1. The minimum absolute atomic E-state index is 0.165. The van der Waals surface area contributed by atoms with E-state index >= 15 is 0 Å². The molecule has 0 saturated heterocycles. The SMILES string of the molecule is CC[C@@H](C)OC(=O)C1=C(C)NC2=C(C(=O)[C@H](C(=O)OC)[C@H](C)C2)[C@@H]1c1cccc([N+](=O)[O-])c1. The molecular weight excluding hydrogens is 428 g/mol. The maximum atomic E-state index is 13.6. The van der Waals surface area contributed by atoms with E-state index in [1.54, 1.807) is 26.8 Å². The highest BCUT2D eigenvalue weighted by Gasteiger charge is 2.47. The number of Topliss-reactive ketones (excluding diaryl/α,β-unsaturated/α-hetero) is 1. The first-order valence-electron chi connectivity index (χ1n) is 10.9. The smallest absolute Gasteiger partial charge is 0.337 e. The lowest BCUT2D eigenvalue weighted by atomic mass is 9.69. The molecule has 33 heavy (non-hydrogen) atoms. The number of hydrogen-bond acceptors (Lipinski definition) is 8. The topological polar surface area (TPSA) is 125 Å². The Hall–Kier alpha value is -3.49. The predicted molar refractivity (Wildman–Crippen MR) is 119 cm³/mol. The number of ether oxygens (including phenoxy) is 2. The minimum Gasteiger partial charge on any atom is -0.468 e. The van der Waals surface area contributed by atoms with E-state index in [0.717, 1.165) is 0 Å². The lowest BCUT2D eigenvalue weighted by Gasteiger charge is -2.38. The van der Waals surface area contributed by atoms with Gasteiger partial charge in [-0.05, 0) is 38.2 Å². The van der Waals surface area contributed by atoms with Gasteiger partial charge >= 0.3 is 11.9 Å². The van der Waals surface area contributed by atoms with E-state index < -0.39 is 34.5 Å². The molecule has 2 aliphatic rings. The van der Waals surface area contributed by atoms with Crippen LogP contribution in [0.4, 0.5) is 5.69 Å². The van der Waals surface area contributed by atoms with E-state index in [9.17, 15) is 24.5 Å². The molecule has 0 fully saturated rings. The first-order valence-corrected chi connectivity index (χ1v) is 10.9. The van der Waals surface area contributed by atoms with Crippen molar-refractivity contribution in [1.82, 2.24) is 5.32 Å². The van der Waals surface area contributed by atoms with Gasteiger partial charge in [0.15, 0.2) is 5.78 Å². The molecule has 0 saturated carbocycles. The van der Waals surface area contributed by atoms with E-state index in [-0.39, 0.29) is 28.9 Å². The van der Waals surface area contributed by atoms with Crippen molar-refractivity contribution >= 4 is 23.4 Å². The lowest BCUT2D eigenvalue weighted by Crippen LogP contribution is -2.43. The number of benzene rings is 1. The Morgan fingerprint density at radius 2 is 2.03 bits per heavy atom. The van der Waals surface area contributed by atoms with Crippen molar-refractivity contribution in [1.29, 1.82) is 0 Å². The van der Waals surface area contributed by atoms with Gasteiger partial charge in [0.1, 0.15) is 5.92 Å². The highest BCUT2D eigenvalue weighted by Crippen LogP contribution is 2.46. The number of carbonyl (C=O) groups excluding carboxylic acids is 3. The number of rotatable bonds is 6. The molecule has 1 aliphatic carbocycles. The maximum absolute atomic E-state index is 13.6. The van der Waals surface area contributed by atoms with Crippen molar-refractivity contribution in [2.75, 3.05) is 7.11 Å². The molecule has 1 aromatic rings. The van der Waals surface area contributed by atoms with Crippen LogP contribution in [0.25, 0.3) is 0 Å². The van der Waals surface area contributed by atoms with Crippen LogP contribution in [0.3, 0.4) is 0 Å². The van der Waals surface area contributed by atoms with Crippen molar-refractivity contribution < 1.29 is 28.8 Å². The largest absolute Gasteiger partial charge is 0.468 e. The highest BCUT2D eigenvalue weighted by atomic mass is 16.6. The summed E-state index contributed by atoms with van der Waals surface area (Å²) >= 11 is 0. The third kappa shape index (κ3) is 4.53. The summed E-state index contributed by atoms with van der Waals surface area (Å²) in [7, 11) is 1.22. The summed E-state index contributed by atoms with van der Waals surface area (Å²) in [6, 6.07) is 5.84. The fourth-order valence-electron chi connectivity index (χ4n) is 4.43. The van der Waals surface area contributed by atoms with E-state index in [4.69, 9.17) is 9.47 Å². The van der Waals surface area contributed by atoms with Crippen LogP contribution >= 0.6 is 0 Å². The fraction of sp³-hybridized carbons (Fsp3) is 0.458. The summed E-state index contributed by atoms with van der Waals surface area (Å²) in [6.07, 6.45) is 0.628. The Morgan fingerprint density at radius 1 is 1.33 bits per heavy atom. The van der Waals surface area contributed by atoms with Crippen LogP contribution in [-0.4, -0.2) is 35.9 Å². The van der Waals surface area contributed by atoms with Crippen molar-refractivity contribution in [2.45, 2.75) is 52.6 Å². The summed E-state index contributed by atoms with van der Waals surface area (Å²) in [5.74, 6) is -3.97. The van der Waals surface area contributed by atoms with Gasteiger partial charge in [0.2, 0.25) is 0 Å². The Balaban J connectivity index is 2.20.